The molecule has 164 valence electrons. The highest BCUT2D eigenvalue weighted by Gasteiger charge is 2.10. The molecular formula is C23H20FN3O4S. The van der Waals surface area contributed by atoms with Crippen molar-refractivity contribution in [2.75, 3.05) is 11.9 Å². The molecule has 1 N–H and O–H groups in total. The fraction of sp³-hybridized carbons (Fsp3) is 0.174. The van der Waals surface area contributed by atoms with E-state index >= 15 is 0 Å². The molecule has 4 aromatic rings. The first-order valence-corrected chi connectivity index (χ1v) is 10.6. The summed E-state index contributed by atoms with van der Waals surface area (Å²) in [6.07, 6.45) is 1.76. The number of carbonyl (C=O) groups excluding carboxylic acids is 1. The fourth-order valence-corrected chi connectivity index (χ4v) is 3.87. The Balaban J connectivity index is 1.41. The molecule has 9 heteroatoms. The van der Waals surface area contributed by atoms with Crippen LogP contribution in [0.15, 0.2) is 59.5 Å². The van der Waals surface area contributed by atoms with Gasteiger partial charge in [-0.1, -0.05) is 18.2 Å². The molecule has 0 fully saturated rings. The molecule has 1 amide bonds. The first-order chi connectivity index (χ1) is 15.4. The van der Waals surface area contributed by atoms with E-state index in [-0.39, 0.29) is 24.5 Å². The zero-order valence-electron chi connectivity index (χ0n) is 17.4. The highest BCUT2D eigenvalue weighted by atomic mass is 32.1. The molecule has 0 radical (unpaired) electrons. The maximum absolute atomic E-state index is 13.6. The number of anilines is 1. The first-order valence-electron chi connectivity index (χ1n) is 9.78. The smallest absolute Gasteiger partial charge is 0.262 e. The zero-order valence-corrected chi connectivity index (χ0v) is 18.2. The molecule has 2 aromatic heterocycles. The lowest BCUT2D eigenvalue weighted by atomic mass is 10.2. The summed E-state index contributed by atoms with van der Waals surface area (Å²) in [5, 5.41) is 2.70. The number of aryl methyl sites for hydroxylation is 2. The van der Waals surface area contributed by atoms with Crippen molar-refractivity contribution in [3.05, 3.63) is 87.0 Å². The molecule has 0 aliphatic heterocycles. The third-order valence-corrected chi connectivity index (χ3v) is 5.48. The predicted octanol–water partition coefficient (Wildman–Crippen LogP) is 4.11. The van der Waals surface area contributed by atoms with Gasteiger partial charge in [0.25, 0.3) is 11.5 Å². The largest absolute Gasteiger partial charge is 0.487 e. The van der Waals surface area contributed by atoms with E-state index in [1.807, 2.05) is 13.8 Å². The second-order valence-corrected chi connectivity index (χ2v) is 8.33. The van der Waals surface area contributed by atoms with Gasteiger partial charge in [-0.25, -0.2) is 9.37 Å². The maximum atomic E-state index is 13.6. The number of hydrogen-bond donors (Lipinski definition) is 1. The van der Waals surface area contributed by atoms with E-state index < -0.39 is 11.7 Å². The van der Waals surface area contributed by atoms with Gasteiger partial charge in [0.15, 0.2) is 23.1 Å². The number of ether oxygens (including phenoxy) is 2. The maximum Gasteiger partial charge on any atom is 0.262 e. The third kappa shape index (κ3) is 4.94. The van der Waals surface area contributed by atoms with Gasteiger partial charge in [-0.05, 0) is 37.6 Å². The number of rotatable bonds is 7. The molecule has 0 aliphatic rings. The second kappa shape index (κ2) is 9.19. The Morgan fingerprint density at radius 2 is 1.94 bits per heavy atom. The molecule has 7 nitrogen and oxygen atoms in total. The summed E-state index contributed by atoms with van der Waals surface area (Å²) in [4.78, 5) is 30.5. The van der Waals surface area contributed by atoms with Crippen molar-refractivity contribution in [3.63, 3.8) is 0 Å². The van der Waals surface area contributed by atoms with E-state index in [2.05, 4.69) is 10.3 Å². The van der Waals surface area contributed by atoms with Gasteiger partial charge in [-0.3, -0.25) is 14.0 Å². The van der Waals surface area contributed by atoms with E-state index in [0.29, 0.717) is 22.1 Å². The van der Waals surface area contributed by atoms with Gasteiger partial charge in [0.1, 0.15) is 12.4 Å². The van der Waals surface area contributed by atoms with Crippen molar-refractivity contribution in [1.29, 1.82) is 0 Å². The minimum absolute atomic E-state index is 0.0110. The van der Waals surface area contributed by atoms with Gasteiger partial charge in [0.2, 0.25) is 0 Å². The highest BCUT2D eigenvalue weighted by molar-refractivity contribution is 7.16. The van der Waals surface area contributed by atoms with Crippen molar-refractivity contribution >= 4 is 27.9 Å². The summed E-state index contributed by atoms with van der Waals surface area (Å²) < 4.78 is 26.2. The fourth-order valence-electron chi connectivity index (χ4n) is 3.02. The van der Waals surface area contributed by atoms with Crippen molar-refractivity contribution in [1.82, 2.24) is 9.38 Å². The monoisotopic (exact) mass is 453 g/mol. The summed E-state index contributed by atoms with van der Waals surface area (Å²) in [6.45, 7) is 3.56. The third-order valence-electron chi connectivity index (χ3n) is 4.58. The first kappa shape index (κ1) is 21.5. The van der Waals surface area contributed by atoms with E-state index in [1.165, 1.54) is 33.9 Å². The Labute approximate surface area is 187 Å². The number of nitrogens with one attached hydrogen (secondary N) is 1. The number of fused-ring (bicyclic) bond motifs is 1. The van der Waals surface area contributed by atoms with E-state index in [1.54, 1.807) is 36.5 Å². The van der Waals surface area contributed by atoms with Crippen LogP contribution >= 0.6 is 11.3 Å². The summed E-state index contributed by atoms with van der Waals surface area (Å²) in [5.74, 6) is -0.411. The van der Waals surface area contributed by atoms with Crippen molar-refractivity contribution < 1.29 is 18.7 Å². The Bertz CT molecular complexity index is 1350. The van der Waals surface area contributed by atoms with Crippen LogP contribution in [-0.4, -0.2) is 21.9 Å². The SMILES string of the molecule is Cc1cn2c(=O)cc(COc3cc(NC(=O)COc4ccccc4F)ccc3C)nc2s1. The van der Waals surface area contributed by atoms with Crippen LogP contribution in [-0.2, 0) is 11.4 Å². The average Bonchev–Trinajstić information content (AvgIpc) is 3.14. The quantitative estimate of drug-likeness (QED) is 0.456. The second-order valence-electron chi connectivity index (χ2n) is 7.12. The molecule has 0 spiro atoms. The summed E-state index contributed by atoms with van der Waals surface area (Å²) in [5.41, 5.74) is 1.72. The lowest BCUT2D eigenvalue weighted by Crippen LogP contribution is -2.20. The van der Waals surface area contributed by atoms with Crippen LogP contribution < -0.4 is 20.3 Å². The van der Waals surface area contributed by atoms with Crippen LogP contribution in [0.25, 0.3) is 4.96 Å². The molecule has 0 bridgehead atoms. The number of thiazole rings is 1. The number of hydrogen-bond acceptors (Lipinski definition) is 6. The molecule has 32 heavy (non-hydrogen) atoms. The molecule has 2 heterocycles. The zero-order chi connectivity index (χ0) is 22.7. The van der Waals surface area contributed by atoms with Gasteiger partial charge < -0.3 is 14.8 Å². The van der Waals surface area contributed by atoms with Crippen molar-refractivity contribution in [3.8, 4) is 11.5 Å². The number of halogens is 1. The predicted molar refractivity (Wildman–Crippen MR) is 120 cm³/mol. The summed E-state index contributed by atoms with van der Waals surface area (Å²) >= 11 is 1.43. The Morgan fingerprint density at radius 1 is 1.12 bits per heavy atom. The number of benzene rings is 2. The highest BCUT2D eigenvalue weighted by Crippen LogP contribution is 2.24. The van der Waals surface area contributed by atoms with Crippen LogP contribution in [0.4, 0.5) is 10.1 Å². The summed E-state index contributed by atoms with van der Waals surface area (Å²) in [6, 6.07) is 12.5. The summed E-state index contributed by atoms with van der Waals surface area (Å²) in [7, 11) is 0. The van der Waals surface area contributed by atoms with Gasteiger partial charge in [-0.2, -0.15) is 0 Å². The molecule has 0 saturated carbocycles. The lowest BCUT2D eigenvalue weighted by molar-refractivity contribution is -0.118. The number of para-hydroxylation sites is 1. The standard InChI is InChI=1S/C23H20FN3O4S/c1-14-7-8-16(25-21(28)13-31-19-6-4-3-5-18(19)24)9-20(14)30-12-17-10-22(29)27-11-15(2)32-23(27)26-17/h3-11H,12-13H2,1-2H3,(H,25,28). The molecule has 0 unspecified atom stereocenters. The van der Waals surface area contributed by atoms with E-state index in [9.17, 15) is 14.0 Å². The van der Waals surface area contributed by atoms with E-state index in [0.717, 1.165) is 10.4 Å². The topological polar surface area (TPSA) is 81.9 Å². The van der Waals surface area contributed by atoms with Crippen molar-refractivity contribution in [2.45, 2.75) is 20.5 Å². The number of carbonyl (C=O) groups is 1. The Hall–Kier alpha value is -3.72. The average molecular weight is 453 g/mol. The Kier molecular flexibility index (Phi) is 6.18. The van der Waals surface area contributed by atoms with Crippen LogP contribution in [0.1, 0.15) is 16.1 Å². The number of nitrogens with zero attached hydrogens (tertiary/aromatic N) is 2. The lowest BCUT2D eigenvalue weighted by Gasteiger charge is -2.12. The van der Waals surface area contributed by atoms with Crippen LogP contribution in [0, 0.1) is 19.7 Å². The molecule has 0 saturated heterocycles. The van der Waals surface area contributed by atoms with Crippen molar-refractivity contribution in [2.24, 2.45) is 0 Å². The van der Waals surface area contributed by atoms with Gasteiger partial charge >= 0.3 is 0 Å². The van der Waals surface area contributed by atoms with Gasteiger partial charge in [0.05, 0.1) is 5.69 Å². The normalized spacial score (nSPS) is 10.8. The molecule has 4 rings (SSSR count). The molecule has 0 aliphatic carbocycles. The number of amides is 1. The Morgan fingerprint density at radius 3 is 2.75 bits per heavy atom. The van der Waals surface area contributed by atoms with Crippen LogP contribution in [0.3, 0.4) is 0 Å². The minimum atomic E-state index is -0.532. The minimum Gasteiger partial charge on any atom is -0.487 e. The molecular weight excluding hydrogens is 433 g/mol. The molecule has 0 atom stereocenters. The van der Waals surface area contributed by atoms with E-state index in [4.69, 9.17) is 9.47 Å². The van der Waals surface area contributed by atoms with Gasteiger partial charge in [-0.15, -0.1) is 11.3 Å². The van der Waals surface area contributed by atoms with Crippen LogP contribution in [0.2, 0.25) is 0 Å². The van der Waals surface area contributed by atoms with Gasteiger partial charge in [0, 0.05) is 28.9 Å². The number of aromatic nitrogens is 2. The van der Waals surface area contributed by atoms with Crippen LogP contribution in [0.5, 0.6) is 11.5 Å². The molecule has 2 aromatic carbocycles.